The molecular formula is C28H31FN6O6S2. The number of rotatable bonds is 8. The van der Waals surface area contributed by atoms with Crippen molar-refractivity contribution in [3.8, 4) is 5.75 Å². The van der Waals surface area contributed by atoms with Crippen LogP contribution in [0.25, 0.3) is 0 Å². The first kappa shape index (κ1) is 31.9. The zero-order valence-electron chi connectivity index (χ0n) is 23.9. The lowest BCUT2D eigenvalue weighted by Gasteiger charge is -2.25. The molecule has 228 valence electrons. The largest absolute Gasteiger partial charge is 0.497 e. The quantitative estimate of drug-likeness (QED) is 0.221. The van der Waals surface area contributed by atoms with Crippen molar-refractivity contribution in [2.45, 2.75) is 36.2 Å². The molecule has 0 aliphatic carbocycles. The second kappa shape index (κ2) is 12.7. The third-order valence-corrected chi connectivity index (χ3v) is 9.43. The molecule has 2 aliphatic rings. The summed E-state index contributed by atoms with van der Waals surface area (Å²) in [4.78, 5) is 18.3. The molecule has 0 spiro atoms. The Morgan fingerprint density at radius 2 is 1.91 bits per heavy atom. The predicted molar refractivity (Wildman–Crippen MR) is 164 cm³/mol. The van der Waals surface area contributed by atoms with Gasteiger partial charge in [-0.15, -0.1) is 16.2 Å². The van der Waals surface area contributed by atoms with E-state index in [1.807, 2.05) is 19.1 Å². The van der Waals surface area contributed by atoms with Crippen LogP contribution in [0.4, 0.5) is 15.8 Å². The van der Waals surface area contributed by atoms with Gasteiger partial charge in [0.05, 0.1) is 34.9 Å². The fraction of sp³-hybridized carbons (Fsp3) is 0.286. The van der Waals surface area contributed by atoms with E-state index in [1.165, 1.54) is 24.1 Å². The monoisotopic (exact) mass is 630 g/mol. The summed E-state index contributed by atoms with van der Waals surface area (Å²) >= 11 is 1.60. The number of nitrogens with zero attached hydrogens (tertiary/aromatic N) is 5. The second-order valence-corrected chi connectivity index (χ2v) is 12.5. The number of nitro benzene ring substituents is 1. The number of aliphatic imine (C=N–C) groups is 1. The maximum absolute atomic E-state index is 15.2. The van der Waals surface area contributed by atoms with Crippen LogP contribution in [0.3, 0.4) is 0 Å². The molecule has 2 heterocycles. The van der Waals surface area contributed by atoms with E-state index >= 15 is 4.39 Å². The summed E-state index contributed by atoms with van der Waals surface area (Å²) in [5.41, 5.74) is 4.60. The van der Waals surface area contributed by atoms with Gasteiger partial charge in [-0.3, -0.25) is 25.4 Å². The molecule has 0 aromatic heterocycles. The van der Waals surface area contributed by atoms with Crippen LogP contribution in [-0.2, 0) is 10.0 Å². The highest BCUT2D eigenvalue weighted by Gasteiger charge is 2.41. The molecule has 12 nitrogen and oxygen atoms in total. The molecule has 1 saturated heterocycles. The highest BCUT2D eigenvalue weighted by atomic mass is 32.2. The molecule has 0 saturated carbocycles. The van der Waals surface area contributed by atoms with E-state index in [9.17, 15) is 18.5 Å². The summed E-state index contributed by atoms with van der Waals surface area (Å²) in [7, 11) is -0.958. The first-order valence-corrected chi connectivity index (χ1v) is 15.5. The van der Waals surface area contributed by atoms with Crippen molar-refractivity contribution < 1.29 is 27.9 Å². The molecule has 1 fully saturated rings. The molecule has 5 rings (SSSR count). The third kappa shape index (κ3) is 6.20. The lowest BCUT2D eigenvalue weighted by atomic mass is 9.99. The number of likely N-dealkylation sites (N-methyl/N-ethyl adjacent to an activating group) is 1. The summed E-state index contributed by atoms with van der Waals surface area (Å²) in [6.07, 6.45) is 0.289. The standard InChI is InChI=1S/C28H29FN6O5S2.H2O/c1-5-12-41-25-11-8-18(40-4)13-21(25)27-20-14-22(29)24(35(36)37)15-23(20)34-26(16-30-27)33(3)31-28(34)32-42(38,39)19-9-6-17(2)7-10-19;/h6-11,13-15,26H,5,12,16H2,1-4H3,(H,31,32);1H2. The molecule has 3 N–H and O–H groups in total. The van der Waals surface area contributed by atoms with Crippen LogP contribution in [-0.4, -0.2) is 68.1 Å². The highest BCUT2D eigenvalue weighted by molar-refractivity contribution is 7.99. The molecule has 3 aromatic carbocycles. The van der Waals surface area contributed by atoms with Crippen molar-refractivity contribution in [3.63, 3.8) is 0 Å². The number of aryl methyl sites for hydroxylation is 1. The summed E-state index contributed by atoms with van der Waals surface area (Å²) in [6.45, 7) is 4.01. The van der Waals surface area contributed by atoms with E-state index in [0.717, 1.165) is 34.8 Å². The molecule has 1 atom stereocenters. The van der Waals surface area contributed by atoms with Crippen LogP contribution in [0.5, 0.6) is 5.75 Å². The first-order valence-electron chi connectivity index (χ1n) is 13.1. The van der Waals surface area contributed by atoms with Gasteiger partial charge in [0, 0.05) is 29.1 Å². The molecule has 15 heteroatoms. The van der Waals surface area contributed by atoms with Gasteiger partial charge < -0.3 is 10.2 Å². The molecular weight excluding hydrogens is 599 g/mol. The Hall–Kier alpha value is -4.05. The second-order valence-electron chi connectivity index (χ2n) is 9.75. The van der Waals surface area contributed by atoms with Gasteiger partial charge in [-0.2, -0.15) is 17.8 Å². The maximum atomic E-state index is 15.2. The minimum Gasteiger partial charge on any atom is -0.497 e. The van der Waals surface area contributed by atoms with E-state index in [-0.39, 0.29) is 34.1 Å². The van der Waals surface area contributed by atoms with E-state index < -0.39 is 32.6 Å². The summed E-state index contributed by atoms with van der Waals surface area (Å²) < 4.78 is 51.4. The normalized spacial score (nSPS) is 17.3. The summed E-state index contributed by atoms with van der Waals surface area (Å²) in [5.74, 6) is 0.255. The molecule has 0 bridgehead atoms. The topological polar surface area (TPSA) is 161 Å². The number of nitrogens with one attached hydrogen (secondary N) is 1. The number of hydrogen-bond donors (Lipinski definition) is 1. The average molecular weight is 631 g/mol. The number of nitro groups is 1. The van der Waals surface area contributed by atoms with Crippen LogP contribution in [0, 0.1) is 22.9 Å². The van der Waals surface area contributed by atoms with Gasteiger partial charge in [0.1, 0.15) is 11.9 Å². The number of guanidine groups is 1. The van der Waals surface area contributed by atoms with Crippen LogP contribution in [0.1, 0.15) is 30.0 Å². The molecule has 1 unspecified atom stereocenters. The van der Waals surface area contributed by atoms with Crippen molar-refractivity contribution in [3.05, 3.63) is 87.2 Å². The van der Waals surface area contributed by atoms with Gasteiger partial charge in [0.15, 0.2) is 0 Å². The van der Waals surface area contributed by atoms with Crippen LogP contribution < -0.4 is 15.1 Å². The average Bonchev–Trinajstić information content (AvgIpc) is 3.15. The zero-order chi connectivity index (χ0) is 30.2. The Labute approximate surface area is 252 Å². The Bertz CT molecular complexity index is 1720. The van der Waals surface area contributed by atoms with Crippen molar-refractivity contribution in [1.82, 2.24) is 10.4 Å². The Balaban J connectivity index is 0.00000423. The number of anilines is 1. The fourth-order valence-electron chi connectivity index (χ4n) is 4.75. The fourth-order valence-corrected chi connectivity index (χ4v) is 6.59. The van der Waals surface area contributed by atoms with Crippen LogP contribution >= 0.6 is 11.8 Å². The lowest BCUT2D eigenvalue weighted by Crippen LogP contribution is -2.40. The highest BCUT2D eigenvalue weighted by Crippen LogP contribution is 2.39. The van der Waals surface area contributed by atoms with Crippen molar-refractivity contribution in [2.75, 3.05) is 31.4 Å². The van der Waals surface area contributed by atoms with Crippen LogP contribution in [0.2, 0.25) is 0 Å². The Kier molecular flexibility index (Phi) is 9.39. The number of fused-ring (bicyclic) bond motifs is 3. The minimum absolute atomic E-state index is 0. The SMILES string of the molecule is CCCSc1ccc(OC)cc1C1=NCC2N(C)NC(=NS(=O)(=O)c3ccc(C)cc3)N2c2cc([N+](=O)[O-])c(F)cc21.O. The lowest BCUT2D eigenvalue weighted by molar-refractivity contribution is -0.387. The number of halogens is 1. The van der Waals surface area contributed by atoms with E-state index in [0.29, 0.717) is 17.0 Å². The van der Waals surface area contributed by atoms with Crippen LogP contribution in [0.15, 0.2) is 73.8 Å². The van der Waals surface area contributed by atoms with Gasteiger partial charge in [-0.1, -0.05) is 24.6 Å². The number of hydrazine groups is 1. The zero-order valence-corrected chi connectivity index (χ0v) is 25.5. The number of sulfonamides is 1. The smallest absolute Gasteiger partial charge is 0.306 e. The van der Waals surface area contributed by atoms with Gasteiger partial charge in [0.2, 0.25) is 11.8 Å². The molecule has 43 heavy (non-hydrogen) atoms. The van der Waals surface area contributed by atoms with Gasteiger partial charge in [-0.25, -0.2) is 0 Å². The Morgan fingerprint density at radius 1 is 1.19 bits per heavy atom. The molecule has 0 radical (unpaired) electrons. The summed E-state index contributed by atoms with van der Waals surface area (Å²) in [6, 6.07) is 14.0. The van der Waals surface area contributed by atoms with Gasteiger partial charge in [-0.05, 0) is 55.5 Å². The predicted octanol–water partition coefficient (Wildman–Crippen LogP) is 3.91. The van der Waals surface area contributed by atoms with E-state index in [2.05, 4.69) is 16.7 Å². The van der Waals surface area contributed by atoms with Gasteiger partial charge in [0.25, 0.3) is 10.0 Å². The number of methoxy groups -OCH3 is 1. The molecule has 3 aromatic rings. The maximum Gasteiger partial charge on any atom is 0.306 e. The third-order valence-electron chi connectivity index (χ3n) is 6.87. The van der Waals surface area contributed by atoms with E-state index in [1.54, 1.807) is 42.0 Å². The molecule has 0 amide bonds. The summed E-state index contributed by atoms with van der Waals surface area (Å²) in [5, 5.41) is 13.4. The van der Waals surface area contributed by atoms with Gasteiger partial charge >= 0.3 is 5.69 Å². The van der Waals surface area contributed by atoms with Crippen molar-refractivity contribution in [1.29, 1.82) is 0 Å². The minimum atomic E-state index is -4.18. The Morgan fingerprint density at radius 3 is 2.56 bits per heavy atom. The number of thioether (sulfide) groups is 1. The van der Waals surface area contributed by atoms with Crippen molar-refractivity contribution in [2.24, 2.45) is 9.39 Å². The molecule has 2 aliphatic heterocycles. The van der Waals surface area contributed by atoms with Crippen molar-refractivity contribution >= 4 is 44.8 Å². The van der Waals surface area contributed by atoms with E-state index in [4.69, 9.17) is 9.73 Å². The number of hydrogen-bond acceptors (Lipinski definition) is 8. The number of benzene rings is 3. The first-order chi connectivity index (χ1) is 20.0. The number of ether oxygens (including phenoxy) is 1.